The van der Waals surface area contributed by atoms with Gasteiger partial charge in [0.15, 0.2) is 6.61 Å². The molecule has 2 aromatic rings. The van der Waals surface area contributed by atoms with Gasteiger partial charge in [-0.05, 0) is 25.5 Å². The Labute approximate surface area is 236 Å². The third kappa shape index (κ3) is 7.39. The van der Waals surface area contributed by atoms with Crippen molar-refractivity contribution in [3.63, 3.8) is 0 Å². The molecule has 0 radical (unpaired) electrons. The molecule has 1 unspecified atom stereocenters. The van der Waals surface area contributed by atoms with E-state index >= 15 is 0 Å². The van der Waals surface area contributed by atoms with Gasteiger partial charge in [0.2, 0.25) is 5.91 Å². The summed E-state index contributed by atoms with van der Waals surface area (Å²) in [7, 11) is 0. The Balaban J connectivity index is 1.48. The van der Waals surface area contributed by atoms with Crippen LogP contribution in [0.4, 0.5) is 4.79 Å². The van der Waals surface area contributed by atoms with Crippen LogP contribution in [-0.2, 0) is 19.1 Å². The highest BCUT2D eigenvalue weighted by molar-refractivity contribution is 5.99. The van der Waals surface area contributed by atoms with E-state index in [0.717, 1.165) is 0 Å². The topological polar surface area (TPSA) is 185 Å². The highest BCUT2D eigenvalue weighted by Gasteiger charge is 2.32. The molecular weight excluding hydrogens is 536 g/mol. The predicted molar refractivity (Wildman–Crippen MR) is 145 cm³/mol. The van der Waals surface area contributed by atoms with E-state index in [1.165, 1.54) is 15.9 Å². The molecule has 0 saturated carbocycles. The normalized spacial score (nSPS) is 16.1. The molecule has 2 aliphatic rings. The highest BCUT2D eigenvalue weighted by Crippen LogP contribution is 2.26. The largest absolute Gasteiger partial charge is 0.483 e. The Kier molecular flexibility index (Phi) is 9.55. The number of carboxylic acids is 1. The standard InChI is InChI=1S/C27H34N6O8/c1-2-40-27(39)32-11-9-31(10-12-32)26(38)20(7-8-24(35)36)30-25(37)21-13-22(18-5-3-4-6-19(18)29-21)41-16-23(34)33-14-17(28)15-33/h3-6,13,17,20H,2,7-12,14-16,28H2,1H3,(H,30,37)(H,35,36). The van der Waals surface area contributed by atoms with Crippen LogP contribution in [0.15, 0.2) is 30.3 Å². The van der Waals surface area contributed by atoms with Crippen LogP contribution in [0.3, 0.4) is 0 Å². The van der Waals surface area contributed by atoms with Crippen LogP contribution in [0.25, 0.3) is 10.9 Å². The molecule has 0 bridgehead atoms. The number of fused-ring (bicyclic) bond motifs is 1. The van der Waals surface area contributed by atoms with E-state index in [9.17, 15) is 29.1 Å². The number of hydrogen-bond donors (Lipinski definition) is 3. The maximum Gasteiger partial charge on any atom is 0.409 e. The molecule has 2 saturated heterocycles. The van der Waals surface area contributed by atoms with Gasteiger partial charge in [-0.15, -0.1) is 0 Å². The number of likely N-dealkylation sites (tertiary alicyclic amines) is 1. The Hall–Kier alpha value is -4.46. The lowest BCUT2D eigenvalue weighted by atomic mass is 10.1. The minimum Gasteiger partial charge on any atom is -0.483 e. The number of hydrogen-bond acceptors (Lipinski definition) is 9. The van der Waals surface area contributed by atoms with Crippen LogP contribution in [-0.4, -0.2) is 119 Å². The second kappa shape index (κ2) is 13.3. The van der Waals surface area contributed by atoms with Crippen LogP contribution in [0.5, 0.6) is 5.75 Å². The van der Waals surface area contributed by atoms with E-state index in [2.05, 4.69) is 10.3 Å². The molecule has 4 rings (SSSR count). The fourth-order valence-corrected chi connectivity index (χ4v) is 4.63. The van der Waals surface area contributed by atoms with Gasteiger partial charge in [0.1, 0.15) is 17.5 Å². The SMILES string of the molecule is CCOC(=O)N1CCN(C(=O)C(CCC(=O)O)NC(=O)c2cc(OCC(=O)N3CC(N)C3)c3ccccc3n2)CC1. The summed E-state index contributed by atoms with van der Waals surface area (Å²) in [5.41, 5.74) is 6.13. The summed E-state index contributed by atoms with van der Waals surface area (Å²) in [5, 5.41) is 12.4. The number of nitrogens with zero attached hydrogens (tertiary/aromatic N) is 4. The molecule has 1 aromatic heterocycles. The number of para-hydroxylation sites is 1. The molecular formula is C27H34N6O8. The summed E-state index contributed by atoms with van der Waals surface area (Å²) in [5.74, 6) is -2.24. The van der Waals surface area contributed by atoms with Crippen LogP contribution in [0.1, 0.15) is 30.3 Å². The van der Waals surface area contributed by atoms with Crippen molar-refractivity contribution in [2.75, 3.05) is 52.5 Å². The third-order valence-corrected chi connectivity index (χ3v) is 6.89. The number of aromatic nitrogens is 1. The number of aliphatic carboxylic acids is 1. The summed E-state index contributed by atoms with van der Waals surface area (Å²) in [6.45, 7) is 3.51. The first-order chi connectivity index (χ1) is 19.7. The van der Waals surface area contributed by atoms with Crippen LogP contribution in [0.2, 0.25) is 0 Å². The molecule has 2 aliphatic heterocycles. The zero-order chi connectivity index (χ0) is 29.5. The number of amides is 4. The Morgan fingerprint density at radius 1 is 1.07 bits per heavy atom. The van der Waals surface area contributed by atoms with E-state index in [4.69, 9.17) is 15.2 Å². The van der Waals surface area contributed by atoms with Crippen LogP contribution >= 0.6 is 0 Å². The number of ether oxygens (including phenoxy) is 2. The van der Waals surface area contributed by atoms with Gasteiger partial charge in [0.05, 0.1) is 12.1 Å². The van der Waals surface area contributed by atoms with Crippen molar-refractivity contribution in [3.8, 4) is 5.75 Å². The van der Waals surface area contributed by atoms with Crippen molar-refractivity contribution in [2.45, 2.75) is 31.8 Å². The molecule has 4 amide bonds. The van der Waals surface area contributed by atoms with Crippen molar-refractivity contribution in [1.82, 2.24) is 25.0 Å². The monoisotopic (exact) mass is 570 g/mol. The van der Waals surface area contributed by atoms with Crippen molar-refractivity contribution in [1.29, 1.82) is 0 Å². The molecule has 2 fully saturated rings. The second-order valence-corrected chi connectivity index (χ2v) is 9.84. The maximum atomic E-state index is 13.3. The molecule has 1 aromatic carbocycles. The van der Waals surface area contributed by atoms with E-state index in [0.29, 0.717) is 24.0 Å². The number of carbonyl (C=O) groups excluding carboxylic acids is 4. The average molecular weight is 571 g/mol. The number of carboxylic acid groups (broad SMARTS) is 1. The van der Waals surface area contributed by atoms with Crippen molar-refractivity contribution in [2.24, 2.45) is 5.73 Å². The second-order valence-electron chi connectivity index (χ2n) is 9.84. The smallest absolute Gasteiger partial charge is 0.409 e. The van der Waals surface area contributed by atoms with Gasteiger partial charge in [-0.1, -0.05) is 12.1 Å². The molecule has 0 aliphatic carbocycles. The van der Waals surface area contributed by atoms with Gasteiger partial charge in [-0.25, -0.2) is 9.78 Å². The van der Waals surface area contributed by atoms with Crippen molar-refractivity contribution < 1.29 is 38.6 Å². The molecule has 4 N–H and O–H groups in total. The van der Waals surface area contributed by atoms with E-state index < -0.39 is 29.9 Å². The Bertz CT molecular complexity index is 1310. The Morgan fingerprint density at radius 3 is 2.41 bits per heavy atom. The first-order valence-corrected chi connectivity index (χ1v) is 13.4. The number of piperazine rings is 1. The minimum atomic E-state index is -1.14. The lowest BCUT2D eigenvalue weighted by molar-refractivity contribution is -0.139. The van der Waals surface area contributed by atoms with Crippen molar-refractivity contribution >= 4 is 40.7 Å². The van der Waals surface area contributed by atoms with E-state index in [1.54, 1.807) is 36.1 Å². The van der Waals surface area contributed by atoms with Gasteiger partial charge in [0.25, 0.3) is 11.8 Å². The van der Waals surface area contributed by atoms with Crippen LogP contribution < -0.4 is 15.8 Å². The summed E-state index contributed by atoms with van der Waals surface area (Å²) in [6, 6.07) is 7.15. The predicted octanol–water partition coefficient (Wildman–Crippen LogP) is 0.0470. The number of nitrogens with two attached hydrogens (primary N) is 1. The van der Waals surface area contributed by atoms with Gasteiger partial charge in [0, 0.05) is 63.2 Å². The lowest BCUT2D eigenvalue weighted by Gasteiger charge is -2.36. The third-order valence-electron chi connectivity index (χ3n) is 6.89. The molecule has 0 spiro atoms. The first-order valence-electron chi connectivity index (χ1n) is 13.4. The summed E-state index contributed by atoms with van der Waals surface area (Å²) < 4.78 is 10.8. The quantitative estimate of drug-likeness (QED) is 0.352. The number of benzene rings is 1. The summed E-state index contributed by atoms with van der Waals surface area (Å²) >= 11 is 0. The lowest BCUT2D eigenvalue weighted by Crippen LogP contribution is -2.58. The van der Waals surface area contributed by atoms with Crippen molar-refractivity contribution in [3.05, 3.63) is 36.0 Å². The fourth-order valence-electron chi connectivity index (χ4n) is 4.63. The molecule has 41 heavy (non-hydrogen) atoms. The molecule has 3 heterocycles. The number of carbonyl (C=O) groups is 5. The fraction of sp³-hybridized carbons (Fsp3) is 0.481. The highest BCUT2D eigenvalue weighted by atomic mass is 16.6. The van der Waals surface area contributed by atoms with Gasteiger partial charge >= 0.3 is 12.1 Å². The zero-order valence-corrected chi connectivity index (χ0v) is 22.8. The summed E-state index contributed by atoms with van der Waals surface area (Å²) in [6.07, 6.45) is -0.950. The van der Waals surface area contributed by atoms with Gasteiger partial charge < -0.3 is 40.3 Å². The van der Waals surface area contributed by atoms with Gasteiger partial charge in [-0.3, -0.25) is 19.2 Å². The number of rotatable bonds is 10. The van der Waals surface area contributed by atoms with Gasteiger partial charge in [-0.2, -0.15) is 0 Å². The minimum absolute atomic E-state index is 0.0470. The Morgan fingerprint density at radius 2 is 1.76 bits per heavy atom. The average Bonchev–Trinajstić information content (AvgIpc) is 2.95. The summed E-state index contributed by atoms with van der Waals surface area (Å²) in [4.78, 5) is 71.3. The number of pyridine rings is 1. The van der Waals surface area contributed by atoms with Crippen LogP contribution in [0, 0.1) is 0 Å². The maximum absolute atomic E-state index is 13.3. The van der Waals surface area contributed by atoms with E-state index in [1.807, 2.05) is 0 Å². The molecule has 14 nitrogen and oxygen atoms in total. The molecule has 14 heteroatoms. The van der Waals surface area contributed by atoms with E-state index in [-0.39, 0.29) is 75.6 Å². The first kappa shape index (κ1) is 29.5. The molecule has 220 valence electrons. The number of nitrogens with one attached hydrogen (secondary N) is 1. The molecule has 1 atom stereocenters. The zero-order valence-electron chi connectivity index (χ0n) is 22.8.